The lowest BCUT2D eigenvalue weighted by Crippen LogP contribution is -2.49. The predicted molar refractivity (Wildman–Crippen MR) is 90.2 cm³/mol. The van der Waals surface area contributed by atoms with Gasteiger partial charge in [-0.2, -0.15) is 4.31 Å². The molecule has 1 aliphatic rings. The molecule has 0 spiro atoms. The summed E-state index contributed by atoms with van der Waals surface area (Å²) >= 11 is 5.90. The van der Waals surface area contributed by atoms with Gasteiger partial charge >= 0.3 is 0 Å². The van der Waals surface area contributed by atoms with Gasteiger partial charge in [-0.15, -0.1) is 0 Å². The quantitative estimate of drug-likeness (QED) is 0.830. The second-order valence-electron chi connectivity index (χ2n) is 5.89. The van der Waals surface area contributed by atoms with Crippen molar-refractivity contribution in [2.45, 2.75) is 37.6 Å². The van der Waals surface area contributed by atoms with E-state index in [1.165, 1.54) is 10.4 Å². The zero-order chi connectivity index (χ0) is 16.6. The molecule has 0 bridgehead atoms. The molecule has 5 nitrogen and oxygen atoms in total. The van der Waals surface area contributed by atoms with Crippen LogP contribution in [0.15, 0.2) is 35.4 Å². The number of hydrogen-bond acceptors (Lipinski definition) is 3. The Morgan fingerprint density at radius 3 is 2.74 bits per heavy atom. The molecule has 1 aromatic carbocycles. The number of nitrogens with zero attached hydrogens (tertiary/aromatic N) is 3. The van der Waals surface area contributed by atoms with Gasteiger partial charge in [-0.3, -0.25) is 0 Å². The van der Waals surface area contributed by atoms with Crippen LogP contribution in [0, 0.1) is 6.92 Å². The summed E-state index contributed by atoms with van der Waals surface area (Å²) in [4.78, 5) is 4.73. The molecule has 0 N–H and O–H groups in total. The zero-order valence-corrected chi connectivity index (χ0v) is 14.8. The van der Waals surface area contributed by atoms with Crippen molar-refractivity contribution in [3.05, 3.63) is 47.0 Å². The van der Waals surface area contributed by atoms with Crippen molar-refractivity contribution >= 4 is 21.6 Å². The first kappa shape index (κ1) is 16.5. The smallest absolute Gasteiger partial charge is 0.243 e. The number of benzene rings is 1. The molecule has 3 rings (SSSR count). The third-order valence-electron chi connectivity index (χ3n) is 4.18. The van der Waals surface area contributed by atoms with E-state index in [0.29, 0.717) is 18.1 Å². The topological polar surface area (TPSA) is 55.2 Å². The Balaban J connectivity index is 1.76. The highest BCUT2D eigenvalue weighted by atomic mass is 35.5. The van der Waals surface area contributed by atoms with Gasteiger partial charge in [-0.25, -0.2) is 13.4 Å². The molecule has 0 aliphatic carbocycles. The van der Waals surface area contributed by atoms with Crippen LogP contribution in [-0.4, -0.2) is 35.4 Å². The number of imidazole rings is 1. The van der Waals surface area contributed by atoms with E-state index in [0.717, 1.165) is 24.5 Å². The number of aromatic nitrogens is 2. The SMILES string of the molecule is CCCn1c(C)cnc1C1CN(S(=O)(=O)c2cccc(Cl)c2)C1. The maximum atomic E-state index is 12.6. The van der Waals surface area contributed by atoms with E-state index in [1.54, 1.807) is 18.2 Å². The van der Waals surface area contributed by atoms with Crippen LogP contribution in [0.5, 0.6) is 0 Å². The van der Waals surface area contributed by atoms with Gasteiger partial charge in [0.1, 0.15) is 5.82 Å². The van der Waals surface area contributed by atoms with Crippen LogP contribution in [0.4, 0.5) is 0 Å². The lowest BCUT2D eigenvalue weighted by Gasteiger charge is -2.37. The molecule has 1 aromatic heterocycles. The Morgan fingerprint density at radius 1 is 1.35 bits per heavy atom. The first-order valence-electron chi connectivity index (χ1n) is 7.71. The molecule has 2 heterocycles. The minimum atomic E-state index is -3.47. The third kappa shape index (κ3) is 3.03. The second kappa shape index (κ2) is 6.26. The summed E-state index contributed by atoms with van der Waals surface area (Å²) in [6.07, 6.45) is 2.89. The van der Waals surface area contributed by atoms with Gasteiger partial charge in [-0.05, 0) is 31.5 Å². The highest BCUT2D eigenvalue weighted by molar-refractivity contribution is 7.89. The van der Waals surface area contributed by atoms with Gasteiger partial charge < -0.3 is 4.57 Å². The highest BCUT2D eigenvalue weighted by Crippen LogP contribution is 2.32. The molecule has 1 fully saturated rings. The molecule has 7 heteroatoms. The largest absolute Gasteiger partial charge is 0.332 e. The Bertz CT molecular complexity index is 810. The molecule has 0 atom stereocenters. The fraction of sp³-hybridized carbons (Fsp3) is 0.438. The van der Waals surface area contributed by atoms with Crippen LogP contribution >= 0.6 is 11.6 Å². The van der Waals surface area contributed by atoms with Crippen LogP contribution in [0.3, 0.4) is 0 Å². The minimum absolute atomic E-state index is 0.157. The van der Waals surface area contributed by atoms with E-state index in [4.69, 9.17) is 11.6 Å². The van der Waals surface area contributed by atoms with Crippen molar-refractivity contribution in [2.75, 3.05) is 13.1 Å². The van der Waals surface area contributed by atoms with E-state index >= 15 is 0 Å². The molecule has 0 radical (unpaired) electrons. The van der Waals surface area contributed by atoms with E-state index in [2.05, 4.69) is 16.5 Å². The van der Waals surface area contributed by atoms with Gasteiger partial charge in [0.25, 0.3) is 0 Å². The van der Waals surface area contributed by atoms with Gasteiger partial charge in [0.2, 0.25) is 10.0 Å². The third-order valence-corrected chi connectivity index (χ3v) is 6.24. The van der Waals surface area contributed by atoms with Crippen molar-refractivity contribution < 1.29 is 8.42 Å². The molecule has 23 heavy (non-hydrogen) atoms. The van der Waals surface area contributed by atoms with Crippen molar-refractivity contribution in [2.24, 2.45) is 0 Å². The number of halogens is 1. The lowest BCUT2D eigenvalue weighted by molar-refractivity contribution is 0.250. The summed E-state index contributed by atoms with van der Waals surface area (Å²) in [5.41, 5.74) is 1.12. The molecule has 124 valence electrons. The van der Waals surface area contributed by atoms with Gasteiger partial charge in [0.05, 0.1) is 4.90 Å². The Morgan fingerprint density at radius 2 is 2.09 bits per heavy atom. The first-order chi connectivity index (χ1) is 10.9. The van der Waals surface area contributed by atoms with E-state index < -0.39 is 10.0 Å². The molecule has 0 saturated carbocycles. The van der Waals surface area contributed by atoms with E-state index in [-0.39, 0.29) is 10.8 Å². The number of rotatable bonds is 5. The summed E-state index contributed by atoms with van der Waals surface area (Å²) < 4.78 is 28.9. The fourth-order valence-electron chi connectivity index (χ4n) is 2.89. The number of hydrogen-bond donors (Lipinski definition) is 0. The molecule has 0 unspecified atom stereocenters. The molecular weight excluding hydrogens is 334 g/mol. The van der Waals surface area contributed by atoms with Gasteiger partial charge in [0, 0.05) is 42.5 Å². The normalized spacial score (nSPS) is 16.5. The maximum absolute atomic E-state index is 12.6. The van der Waals surface area contributed by atoms with Crippen LogP contribution in [0.2, 0.25) is 5.02 Å². The molecular formula is C16H20ClN3O2S. The molecule has 1 aliphatic heterocycles. The van der Waals surface area contributed by atoms with Crippen LogP contribution in [0.1, 0.15) is 30.8 Å². The van der Waals surface area contributed by atoms with Crippen molar-refractivity contribution in [1.82, 2.24) is 13.9 Å². The summed E-state index contributed by atoms with van der Waals surface area (Å²) in [6, 6.07) is 6.40. The van der Waals surface area contributed by atoms with E-state index in [9.17, 15) is 8.42 Å². The first-order valence-corrected chi connectivity index (χ1v) is 9.53. The minimum Gasteiger partial charge on any atom is -0.332 e. The Kier molecular flexibility index (Phi) is 4.49. The van der Waals surface area contributed by atoms with Crippen molar-refractivity contribution in [3.8, 4) is 0 Å². The standard InChI is InChI=1S/C16H20ClN3O2S/c1-3-7-20-12(2)9-18-16(20)13-10-19(11-13)23(21,22)15-6-4-5-14(17)8-15/h4-6,8-9,13H,3,7,10-11H2,1-2H3. The fourth-order valence-corrected chi connectivity index (χ4v) is 4.73. The Hall–Kier alpha value is -1.37. The van der Waals surface area contributed by atoms with Crippen molar-refractivity contribution in [3.63, 3.8) is 0 Å². The number of aryl methyl sites for hydroxylation is 1. The molecule has 0 amide bonds. The average molecular weight is 354 g/mol. The lowest BCUT2D eigenvalue weighted by atomic mass is 10.0. The highest BCUT2D eigenvalue weighted by Gasteiger charge is 2.39. The van der Waals surface area contributed by atoms with Gasteiger partial charge in [-0.1, -0.05) is 24.6 Å². The summed E-state index contributed by atoms with van der Waals surface area (Å²) in [5, 5.41) is 0.428. The summed E-state index contributed by atoms with van der Waals surface area (Å²) in [5.74, 6) is 1.14. The van der Waals surface area contributed by atoms with Crippen molar-refractivity contribution in [1.29, 1.82) is 0 Å². The van der Waals surface area contributed by atoms with Gasteiger partial charge in [0.15, 0.2) is 0 Å². The Labute approximate surface area is 141 Å². The van der Waals surface area contributed by atoms with Crippen LogP contribution in [0.25, 0.3) is 0 Å². The second-order valence-corrected chi connectivity index (χ2v) is 8.26. The summed E-state index contributed by atoms with van der Waals surface area (Å²) in [7, 11) is -3.47. The molecule has 1 saturated heterocycles. The molecule has 2 aromatic rings. The average Bonchev–Trinajstić information content (AvgIpc) is 2.79. The monoisotopic (exact) mass is 353 g/mol. The van der Waals surface area contributed by atoms with Crippen LogP contribution in [-0.2, 0) is 16.6 Å². The summed E-state index contributed by atoms with van der Waals surface area (Å²) in [6.45, 7) is 6.01. The van der Waals surface area contributed by atoms with Crippen LogP contribution < -0.4 is 0 Å². The predicted octanol–water partition coefficient (Wildman–Crippen LogP) is 3.04. The van der Waals surface area contributed by atoms with E-state index in [1.807, 2.05) is 13.1 Å². The number of sulfonamides is 1. The zero-order valence-electron chi connectivity index (χ0n) is 13.2. The maximum Gasteiger partial charge on any atom is 0.243 e.